The molecule has 3 fully saturated rings. The zero-order chi connectivity index (χ0) is 18.1. The van der Waals surface area contributed by atoms with Crippen molar-refractivity contribution in [2.45, 2.75) is 35.9 Å². The number of hydrogen-bond donors (Lipinski definition) is 1. The van der Waals surface area contributed by atoms with E-state index >= 15 is 0 Å². The number of Topliss-reactive ketones (excluding diaryl/α,β-unsaturated/α-hetero) is 1. The summed E-state index contributed by atoms with van der Waals surface area (Å²) in [5.41, 5.74) is 0.640. The number of ketones is 1. The molecule has 3 aliphatic heterocycles. The maximum atomic E-state index is 12.5. The Bertz CT molecular complexity index is 812. The van der Waals surface area contributed by atoms with Gasteiger partial charge in [0.05, 0.1) is 0 Å². The Labute approximate surface area is 155 Å². The van der Waals surface area contributed by atoms with Crippen LogP contribution >= 0.6 is 11.8 Å². The third-order valence-corrected chi connectivity index (χ3v) is 5.85. The van der Waals surface area contributed by atoms with Crippen molar-refractivity contribution in [1.82, 2.24) is 20.4 Å². The fraction of sp³-hybridized carbons (Fsp3) is 0.444. The van der Waals surface area contributed by atoms with Crippen molar-refractivity contribution in [1.29, 1.82) is 0 Å². The molecule has 0 radical (unpaired) electrons. The van der Waals surface area contributed by atoms with Gasteiger partial charge in [0, 0.05) is 30.0 Å². The van der Waals surface area contributed by atoms with E-state index in [9.17, 15) is 9.59 Å². The van der Waals surface area contributed by atoms with Gasteiger partial charge in [0.15, 0.2) is 0 Å². The van der Waals surface area contributed by atoms with Gasteiger partial charge in [0.25, 0.3) is 17.0 Å². The zero-order valence-corrected chi connectivity index (χ0v) is 15.3. The van der Waals surface area contributed by atoms with Gasteiger partial charge in [-0.25, -0.2) is 0 Å². The number of fused-ring (bicyclic) bond motifs is 3. The van der Waals surface area contributed by atoms with Crippen LogP contribution in [0.5, 0.6) is 0 Å². The molecule has 136 valence electrons. The Balaban J connectivity index is 1.37. The Morgan fingerprint density at radius 2 is 1.92 bits per heavy atom. The summed E-state index contributed by atoms with van der Waals surface area (Å²) in [7, 11) is 0. The fourth-order valence-electron chi connectivity index (χ4n) is 3.55. The van der Waals surface area contributed by atoms with Gasteiger partial charge in [0.1, 0.15) is 0 Å². The molecule has 8 heteroatoms. The van der Waals surface area contributed by atoms with Gasteiger partial charge in [-0.15, -0.1) is 10.2 Å². The van der Waals surface area contributed by atoms with Crippen molar-refractivity contribution in [2.75, 3.05) is 19.6 Å². The molecule has 5 rings (SSSR count). The Kier molecular flexibility index (Phi) is 4.78. The lowest BCUT2D eigenvalue weighted by molar-refractivity contribution is 0.0620. The summed E-state index contributed by atoms with van der Waals surface area (Å²) in [6.07, 6.45) is 2.35. The van der Waals surface area contributed by atoms with E-state index in [4.69, 9.17) is 4.42 Å². The van der Waals surface area contributed by atoms with Crippen LogP contribution in [-0.4, -0.2) is 52.5 Å². The average Bonchev–Trinajstić information content (AvgIpc) is 3.12. The summed E-state index contributed by atoms with van der Waals surface area (Å²) in [5, 5.41) is 11.0. The molecule has 1 aromatic carbocycles. The van der Waals surface area contributed by atoms with Crippen molar-refractivity contribution in [3.63, 3.8) is 0 Å². The number of piperidine rings is 3. The van der Waals surface area contributed by atoms with Crippen LogP contribution < -0.4 is 5.32 Å². The molecule has 0 spiro atoms. The minimum absolute atomic E-state index is 0.000943. The number of amides is 1. The monoisotopic (exact) mass is 372 g/mol. The van der Waals surface area contributed by atoms with Crippen LogP contribution in [0.4, 0.5) is 0 Å². The second-order valence-corrected chi connectivity index (χ2v) is 7.80. The molecule has 26 heavy (non-hydrogen) atoms. The highest BCUT2D eigenvalue weighted by molar-refractivity contribution is 7.99. The number of nitrogens with zero attached hydrogens (tertiary/aromatic N) is 3. The molecule has 1 aromatic heterocycles. The third-order valence-electron chi connectivity index (χ3n) is 5.00. The van der Waals surface area contributed by atoms with Crippen molar-refractivity contribution < 1.29 is 14.0 Å². The van der Waals surface area contributed by atoms with Crippen LogP contribution in [-0.2, 0) is 0 Å². The molecule has 0 aliphatic carbocycles. The first-order valence-electron chi connectivity index (χ1n) is 8.74. The molecular weight excluding hydrogens is 352 g/mol. The van der Waals surface area contributed by atoms with Crippen LogP contribution in [0.2, 0.25) is 0 Å². The lowest BCUT2D eigenvalue weighted by Gasteiger charge is -2.44. The molecule has 1 unspecified atom stereocenters. The minimum atomic E-state index is -0.260. The van der Waals surface area contributed by atoms with Crippen LogP contribution in [0, 0.1) is 5.92 Å². The lowest BCUT2D eigenvalue weighted by atomic mass is 9.84. The van der Waals surface area contributed by atoms with Gasteiger partial charge in [-0.3, -0.25) is 9.59 Å². The highest BCUT2D eigenvalue weighted by Crippen LogP contribution is 2.28. The van der Waals surface area contributed by atoms with Gasteiger partial charge in [-0.05, 0) is 67.9 Å². The Morgan fingerprint density at radius 3 is 2.50 bits per heavy atom. The quantitative estimate of drug-likeness (QED) is 0.805. The van der Waals surface area contributed by atoms with Crippen LogP contribution in [0.3, 0.4) is 0 Å². The van der Waals surface area contributed by atoms with Crippen LogP contribution in [0.15, 0.2) is 38.8 Å². The maximum Gasteiger partial charge on any atom is 0.284 e. The predicted molar refractivity (Wildman–Crippen MR) is 95.3 cm³/mol. The van der Waals surface area contributed by atoms with E-state index in [-0.39, 0.29) is 23.6 Å². The summed E-state index contributed by atoms with van der Waals surface area (Å²) in [5.74, 6) is 0.314. The normalized spacial score (nSPS) is 24.4. The average molecular weight is 372 g/mol. The smallest absolute Gasteiger partial charge is 0.284 e. The van der Waals surface area contributed by atoms with Gasteiger partial charge < -0.3 is 14.6 Å². The summed E-state index contributed by atoms with van der Waals surface area (Å²) >= 11 is 1.26. The van der Waals surface area contributed by atoms with E-state index < -0.39 is 0 Å². The summed E-state index contributed by atoms with van der Waals surface area (Å²) in [4.78, 5) is 27.0. The first kappa shape index (κ1) is 17.2. The lowest BCUT2D eigenvalue weighted by Crippen LogP contribution is -2.57. The van der Waals surface area contributed by atoms with Gasteiger partial charge in [-0.2, -0.15) is 0 Å². The highest BCUT2D eigenvalue weighted by atomic mass is 32.2. The van der Waals surface area contributed by atoms with Crippen molar-refractivity contribution in [3.05, 3.63) is 35.7 Å². The van der Waals surface area contributed by atoms with E-state index in [0.717, 1.165) is 24.5 Å². The van der Waals surface area contributed by atoms with E-state index in [1.807, 2.05) is 12.1 Å². The van der Waals surface area contributed by atoms with Crippen molar-refractivity contribution in [3.8, 4) is 0 Å². The number of nitrogens with one attached hydrogen (secondary N) is 1. The van der Waals surface area contributed by atoms with Crippen LogP contribution in [0.25, 0.3) is 0 Å². The molecule has 3 aliphatic rings. The third kappa shape index (κ3) is 3.66. The number of hydrogen-bond acceptors (Lipinski definition) is 7. The van der Waals surface area contributed by atoms with E-state index in [1.165, 1.54) is 31.5 Å². The maximum absolute atomic E-state index is 12.5. The van der Waals surface area contributed by atoms with Gasteiger partial charge in [-0.1, -0.05) is 0 Å². The molecule has 3 saturated heterocycles. The van der Waals surface area contributed by atoms with E-state index in [2.05, 4.69) is 20.4 Å². The standard InChI is InChI=1S/C18H20N4O3S/c1-11(23)17-20-21-18(25-17)26-14-4-2-13(3-5-14)16(24)19-15-10-22-8-6-12(15)7-9-22/h2-5,12,15H,6-10H2,1H3,(H,19,24). The van der Waals surface area contributed by atoms with E-state index in [1.54, 1.807) is 12.1 Å². The number of carbonyl (C=O) groups is 2. The van der Waals surface area contributed by atoms with Gasteiger partial charge >= 0.3 is 0 Å². The fourth-order valence-corrected chi connectivity index (χ4v) is 4.22. The SMILES string of the molecule is CC(=O)c1nnc(Sc2ccc(C(=O)NC3CN4CCC3CC4)cc2)o1. The van der Waals surface area contributed by atoms with Crippen LogP contribution in [0.1, 0.15) is 40.8 Å². The largest absolute Gasteiger partial charge is 0.408 e. The second kappa shape index (κ2) is 7.20. The molecule has 1 amide bonds. The Hall–Kier alpha value is -2.19. The number of aromatic nitrogens is 2. The second-order valence-electron chi connectivity index (χ2n) is 6.77. The van der Waals surface area contributed by atoms with E-state index in [0.29, 0.717) is 16.7 Å². The van der Waals surface area contributed by atoms with Crippen molar-refractivity contribution in [2.24, 2.45) is 5.92 Å². The first-order chi connectivity index (χ1) is 12.6. The molecule has 2 bridgehead atoms. The molecule has 0 saturated carbocycles. The minimum Gasteiger partial charge on any atom is -0.408 e. The summed E-state index contributed by atoms with van der Waals surface area (Å²) in [6.45, 7) is 4.65. The summed E-state index contributed by atoms with van der Waals surface area (Å²) < 4.78 is 5.26. The molecule has 1 atom stereocenters. The first-order valence-corrected chi connectivity index (χ1v) is 9.56. The summed E-state index contributed by atoms with van der Waals surface area (Å²) in [6, 6.07) is 7.52. The molecular formula is C18H20N4O3S. The Morgan fingerprint density at radius 1 is 1.19 bits per heavy atom. The molecule has 7 nitrogen and oxygen atoms in total. The van der Waals surface area contributed by atoms with Crippen molar-refractivity contribution >= 4 is 23.5 Å². The predicted octanol–water partition coefficient (Wildman–Crippen LogP) is 2.25. The number of rotatable bonds is 5. The highest BCUT2D eigenvalue weighted by Gasteiger charge is 2.34. The topological polar surface area (TPSA) is 88.3 Å². The number of benzene rings is 1. The molecule has 2 aromatic rings. The van der Waals surface area contributed by atoms with Gasteiger partial charge in [0.2, 0.25) is 5.78 Å². The molecule has 4 heterocycles. The molecule has 1 N–H and O–H groups in total. The zero-order valence-electron chi connectivity index (χ0n) is 14.5. The number of carbonyl (C=O) groups excluding carboxylic acids is 2.